The van der Waals surface area contributed by atoms with Crippen molar-refractivity contribution in [3.8, 4) is 11.5 Å². The van der Waals surface area contributed by atoms with Gasteiger partial charge in [0.25, 0.3) is 5.91 Å². The van der Waals surface area contributed by atoms with Crippen LogP contribution in [-0.2, 0) is 42.1 Å². The smallest absolute Gasteiger partial charge is 0.261 e. The molecule has 46 heavy (non-hydrogen) atoms. The van der Waals surface area contributed by atoms with Crippen LogP contribution >= 0.6 is 0 Å². The summed E-state index contributed by atoms with van der Waals surface area (Å²) < 4.78 is 49.6. The number of morpholine rings is 1. The lowest BCUT2D eigenvalue weighted by Gasteiger charge is -2.32. The van der Waals surface area contributed by atoms with Gasteiger partial charge in [-0.05, 0) is 60.4 Å². The number of amides is 2. The minimum absolute atomic E-state index is 0.0505. The van der Waals surface area contributed by atoms with Gasteiger partial charge < -0.3 is 29.2 Å². The monoisotopic (exact) mass is 651 g/mol. The molecule has 2 saturated heterocycles. The molecule has 12 heteroatoms. The Kier molecular flexibility index (Phi) is 11.6. The van der Waals surface area contributed by atoms with E-state index in [1.807, 2.05) is 54.6 Å². The molecule has 0 bridgehead atoms. The van der Waals surface area contributed by atoms with Crippen LogP contribution in [0, 0.1) is 0 Å². The number of nitrogens with one attached hydrogen (secondary N) is 1. The van der Waals surface area contributed by atoms with Crippen LogP contribution in [0.15, 0.2) is 83.8 Å². The largest absolute Gasteiger partial charge is 0.497 e. The summed E-state index contributed by atoms with van der Waals surface area (Å²) >= 11 is 0. The van der Waals surface area contributed by atoms with Gasteiger partial charge in [0.05, 0.1) is 31.3 Å². The summed E-state index contributed by atoms with van der Waals surface area (Å²) in [7, 11) is -2.08. The Morgan fingerprint density at radius 2 is 1.63 bits per heavy atom. The zero-order chi connectivity index (χ0) is 32.4. The summed E-state index contributed by atoms with van der Waals surface area (Å²) in [5, 5.41) is 3.02. The van der Waals surface area contributed by atoms with Gasteiger partial charge in [-0.1, -0.05) is 42.5 Å². The van der Waals surface area contributed by atoms with E-state index in [1.165, 1.54) is 33.5 Å². The molecule has 2 fully saturated rings. The predicted octanol–water partition coefficient (Wildman–Crippen LogP) is 3.03. The van der Waals surface area contributed by atoms with Crippen LogP contribution in [0.2, 0.25) is 0 Å². The molecule has 2 amide bonds. The Balaban J connectivity index is 1.34. The van der Waals surface area contributed by atoms with E-state index in [9.17, 15) is 18.0 Å². The van der Waals surface area contributed by atoms with Crippen LogP contribution < -0.4 is 14.8 Å². The molecule has 0 aliphatic carbocycles. The molecular formula is C34H41N3O8S. The fraction of sp³-hybridized carbons (Fsp3) is 0.412. The first-order valence-electron chi connectivity index (χ1n) is 15.5. The lowest BCUT2D eigenvalue weighted by Crippen LogP contribution is -2.52. The Bertz CT molecular complexity index is 1520. The lowest BCUT2D eigenvalue weighted by molar-refractivity contribution is -0.143. The van der Waals surface area contributed by atoms with Crippen molar-refractivity contribution in [1.82, 2.24) is 14.5 Å². The van der Waals surface area contributed by atoms with Crippen molar-refractivity contribution in [3.05, 3.63) is 90.0 Å². The lowest BCUT2D eigenvalue weighted by atomic mass is 10.0. The maximum Gasteiger partial charge on any atom is 0.261 e. The molecule has 0 radical (unpaired) electrons. The number of nitrogens with zero attached hydrogens (tertiary/aromatic N) is 2. The number of carbonyl (C=O) groups excluding carboxylic acids is 2. The second-order valence-electron chi connectivity index (χ2n) is 11.2. The van der Waals surface area contributed by atoms with E-state index in [1.54, 1.807) is 7.11 Å². The Hall–Kier alpha value is -3.97. The molecule has 0 aromatic heterocycles. The Morgan fingerprint density at radius 1 is 0.935 bits per heavy atom. The molecule has 0 saturated carbocycles. The molecular weight excluding hydrogens is 610 g/mol. The highest BCUT2D eigenvalue weighted by molar-refractivity contribution is 7.89. The van der Waals surface area contributed by atoms with Crippen LogP contribution in [0.5, 0.6) is 11.5 Å². The number of hydrogen-bond acceptors (Lipinski definition) is 8. The van der Waals surface area contributed by atoms with Gasteiger partial charge in [0.15, 0.2) is 6.61 Å². The minimum Gasteiger partial charge on any atom is -0.497 e. The van der Waals surface area contributed by atoms with Gasteiger partial charge in [-0.15, -0.1) is 0 Å². The number of benzene rings is 3. The molecule has 5 rings (SSSR count). The summed E-state index contributed by atoms with van der Waals surface area (Å²) in [6.45, 7) is 2.15. The van der Waals surface area contributed by atoms with Gasteiger partial charge in [0.2, 0.25) is 15.9 Å². The van der Waals surface area contributed by atoms with Gasteiger partial charge in [-0.3, -0.25) is 9.59 Å². The predicted molar refractivity (Wildman–Crippen MR) is 171 cm³/mol. The first kappa shape index (κ1) is 33.4. The van der Waals surface area contributed by atoms with Crippen molar-refractivity contribution >= 4 is 21.8 Å². The quantitative estimate of drug-likeness (QED) is 0.282. The van der Waals surface area contributed by atoms with Crippen LogP contribution in [0.1, 0.15) is 24.0 Å². The van der Waals surface area contributed by atoms with Crippen molar-refractivity contribution in [2.75, 3.05) is 53.2 Å². The molecule has 3 aromatic rings. The molecule has 0 spiro atoms. The molecule has 0 unspecified atom stereocenters. The Labute approximate surface area is 270 Å². The van der Waals surface area contributed by atoms with E-state index in [2.05, 4.69) is 5.32 Å². The molecule has 246 valence electrons. The second kappa shape index (κ2) is 16.0. The van der Waals surface area contributed by atoms with E-state index in [0.717, 1.165) is 24.0 Å². The molecule has 2 atom stereocenters. The topological polar surface area (TPSA) is 124 Å². The number of methoxy groups -OCH3 is 1. The van der Waals surface area contributed by atoms with Gasteiger partial charge in [-0.25, -0.2) is 8.42 Å². The number of hydrogen-bond donors (Lipinski definition) is 1. The van der Waals surface area contributed by atoms with E-state index in [0.29, 0.717) is 57.4 Å². The number of ether oxygens (including phenoxy) is 4. The third-order valence-electron chi connectivity index (χ3n) is 8.10. The van der Waals surface area contributed by atoms with E-state index >= 15 is 0 Å². The molecule has 2 aliphatic rings. The highest BCUT2D eigenvalue weighted by Crippen LogP contribution is 2.22. The standard InChI is InChI=1S/C34H41N3O8S/c1-42-28-11-9-27(10-12-28)24-37(32(22-26-6-3-2-4-7-26)34(39)35-23-30-8-5-19-44-30)33(38)25-45-29-13-15-31(16-14-29)46(40,41)36-17-20-43-21-18-36/h2-4,6-7,9-16,30,32H,5,8,17-25H2,1H3,(H,35,39)/t30-,32-/m0/s1. The van der Waals surface area contributed by atoms with Crippen molar-refractivity contribution < 1.29 is 37.0 Å². The highest BCUT2D eigenvalue weighted by Gasteiger charge is 2.32. The molecule has 11 nitrogen and oxygen atoms in total. The fourth-order valence-corrected chi connectivity index (χ4v) is 6.90. The number of rotatable bonds is 14. The number of carbonyl (C=O) groups is 2. The summed E-state index contributed by atoms with van der Waals surface area (Å²) in [6.07, 6.45) is 2.07. The highest BCUT2D eigenvalue weighted by atomic mass is 32.2. The first-order valence-corrected chi connectivity index (χ1v) is 16.9. The first-order chi connectivity index (χ1) is 22.3. The van der Waals surface area contributed by atoms with Crippen molar-refractivity contribution in [2.24, 2.45) is 0 Å². The normalized spacial score (nSPS) is 17.6. The van der Waals surface area contributed by atoms with E-state index in [4.69, 9.17) is 18.9 Å². The van der Waals surface area contributed by atoms with E-state index in [-0.39, 0.29) is 30.1 Å². The SMILES string of the molecule is COc1ccc(CN(C(=O)COc2ccc(S(=O)(=O)N3CCOCC3)cc2)[C@@H](Cc2ccccc2)C(=O)NC[C@@H]2CCCO2)cc1. The molecule has 2 heterocycles. The van der Waals surface area contributed by atoms with Crippen molar-refractivity contribution in [1.29, 1.82) is 0 Å². The van der Waals surface area contributed by atoms with Crippen LogP contribution in [0.25, 0.3) is 0 Å². The van der Waals surface area contributed by atoms with Gasteiger partial charge in [0.1, 0.15) is 17.5 Å². The second-order valence-corrected chi connectivity index (χ2v) is 13.2. The molecule has 1 N–H and O–H groups in total. The van der Waals surface area contributed by atoms with Crippen LogP contribution in [0.4, 0.5) is 0 Å². The summed E-state index contributed by atoms with van der Waals surface area (Å²) in [5.41, 5.74) is 1.72. The average Bonchev–Trinajstić information content (AvgIpc) is 3.63. The van der Waals surface area contributed by atoms with E-state index < -0.39 is 22.0 Å². The average molecular weight is 652 g/mol. The third kappa shape index (κ3) is 8.85. The third-order valence-corrected chi connectivity index (χ3v) is 10.0. The number of sulfonamides is 1. The minimum atomic E-state index is -3.67. The van der Waals surface area contributed by atoms with Crippen molar-refractivity contribution in [3.63, 3.8) is 0 Å². The summed E-state index contributed by atoms with van der Waals surface area (Å²) in [6, 6.07) is 22.1. The van der Waals surface area contributed by atoms with Gasteiger partial charge in [0, 0.05) is 39.2 Å². The molecule has 3 aromatic carbocycles. The summed E-state index contributed by atoms with van der Waals surface area (Å²) in [4.78, 5) is 29.4. The fourth-order valence-electron chi connectivity index (χ4n) is 5.49. The van der Waals surface area contributed by atoms with Gasteiger partial charge >= 0.3 is 0 Å². The maximum absolute atomic E-state index is 13.9. The van der Waals surface area contributed by atoms with Crippen LogP contribution in [-0.4, -0.2) is 94.8 Å². The zero-order valence-corrected chi connectivity index (χ0v) is 26.8. The summed E-state index contributed by atoms with van der Waals surface area (Å²) in [5.74, 6) is 0.341. The van der Waals surface area contributed by atoms with Crippen molar-refractivity contribution in [2.45, 2.75) is 42.8 Å². The Morgan fingerprint density at radius 3 is 2.28 bits per heavy atom. The van der Waals surface area contributed by atoms with Crippen LogP contribution in [0.3, 0.4) is 0 Å². The van der Waals surface area contributed by atoms with Gasteiger partial charge in [-0.2, -0.15) is 4.31 Å². The molecule has 2 aliphatic heterocycles. The zero-order valence-electron chi connectivity index (χ0n) is 26.0. The maximum atomic E-state index is 13.9.